The molecule has 1 aliphatic heterocycles. The first-order chi connectivity index (χ1) is 8.18. The summed E-state index contributed by atoms with van der Waals surface area (Å²) >= 11 is 0. The Morgan fingerprint density at radius 1 is 1.35 bits per heavy atom. The lowest BCUT2D eigenvalue weighted by Crippen LogP contribution is -2.13. The third-order valence-corrected chi connectivity index (χ3v) is 2.46. The van der Waals surface area contributed by atoms with E-state index in [0.29, 0.717) is 11.6 Å². The molecule has 1 N–H and O–H groups in total. The first-order valence-corrected chi connectivity index (χ1v) is 5.68. The van der Waals surface area contributed by atoms with Crippen molar-refractivity contribution in [2.24, 2.45) is 16.1 Å². The summed E-state index contributed by atoms with van der Waals surface area (Å²) in [5.41, 5.74) is 2.01. The average Bonchev–Trinajstić information content (AvgIpc) is 2.60. The van der Waals surface area contributed by atoms with Crippen LogP contribution in [0.4, 0.5) is 5.69 Å². The maximum Gasteiger partial charge on any atom is 0.276 e. The number of hydrogen-bond acceptors (Lipinski definition) is 3. The summed E-state index contributed by atoms with van der Waals surface area (Å²) in [6.45, 7) is 4.22. The number of amides is 1. The van der Waals surface area contributed by atoms with Gasteiger partial charge in [-0.2, -0.15) is 5.10 Å². The summed E-state index contributed by atoms with van der Waals surface area (Å²) in [7, 11) is 0. The van der Waals surface area contributed by atoms with Crippen molar-refractivity contribution in [3.63, 3.8) is 0 Å². The van der Waals surface area contributed by atoms with Gasteiger partial charge in [0.1, 0.15) is 0 Å². The van der Waals surface area contributed by atoms with Crippen molar-refractivity contribution < 1.29 is 4.79 Å². The standard InChI is InChI=1S/C13H15N3O/c1-9(2)7-8-14-16-12-10-5-3-4-6-11(10)15-13(12)17/h3-6,8-9H,7H2,1-2H3,(H,15,16,17)/b14-8+. The Labute approximate surface area is 100 Å². The summed E-state index contributed by atoms with van der Waals surface area (Å²) in [4.78, 5) is 11.6. The van der Waals surface area contributed by atoms with Gasteiger partial charge in [-0.25, -0.2) is 0 Å². The second-order valence-electron chi connectivity index (χ2n) is 4.38. The van der Waals surface area contributed by atoms with E-state index in [1.165, 1.54) is 0 Å². The Morgan fingerprint density at radius 2 is 2.12 bits per heavy atom. The molecule has 1 aliphatic rings. The van der Waals surface area contributed by atoms with Crippen LogP contribution in [0.5, 0.6) is 0 Å². The second kappa shape index (κ2) is 4.91. The van der Waals surface area contributed by atoms with Gasteiger partial charge in [0.15, 0.2) is 5.71 Å². The fourth-order valence-corrected chi connectivity index (χ4v) is 1.56. The number of anilines is 1. The number of benzene rings is 1. The quantitative estimate of drug-likeness (QED) is 0.628. The first-order valence-electron chi connectivity index (χ1n) is 5.68. The minimum absolute atomic E-state index is 0.187. The number of nitrogens with zero attached hydrogens (tertiary/aromatic N) is 2. The molecule has 1 amide bonds. The lowest BCUT2D eigenvalue weighted by Gasteiger charge is -1.95. The van der Waals surface area contributed by atoms with Crippen LogP contribution in [0.3, 0.4) is 0 Å². The fraction of sp³-hybridized carbons (Fsp3) is 0.308. The Bertz CT molecular complexity index is 489. The zero-order valence-electron chi connectivity index (χ0n) is 9.97. The molecular formula is C13H15N3O. The van der Waals surface area contributed by atoms with Crippen LogP contribution in [0.15, 0.2) is 34.5 Å². The van der Waals surface area contributed by atoms with E-state index < -0.39 is 0 Å². The van der Waals surface area contributed by atoms with E-state index in [0.717, 1.165) is 17.7 Å². The van der Waals surface area contributed by atoms with Crippen molar-refractivity contribution in [1.82, 2.24) is 0 Å². The molecule has 0 atom stereocenters. The predicted molar refractivity (Wildman–Crippen MR) is 69.6 cm³/mol. The molecule has 0 unspecified atom stereocenters. The number of para-hydroxylation sites is 1. The van der Waals surface area contributed by atoms with E-state index >= 15 is 0 Å². The number of rotatable bonds is 3. The fourth-order valence-electron chi connectivity index (χ4n) is 1.56. The highest BCUT2D eigenvalue weighted by atomic mass is 16.2. The molecule has 0 radical (unpaired) electrons. The molecule has 0 saturated heterocycles. The molecule has 88 valence electrons. The van der Waals surface area contributed by atoms with Gasteiger partial charge in [0.25, 0.3) is 5.91 Å². The Morgan fingerprint density at radius 3 is 2.88 bits per heavy atom. The predicted octanol–water partition coefficient (Wildman–Crippen LogP) is 2.46. The van der Waals surface area contributed by atoms with Crippen LogP contribution in [0.1, 0.15) is 25.8 Å². The average molecular weight is 229 g/mol. The van der Waals surface area contributed by atoms with Gasteiger partial charge >= 0.3 is 0 Å². The van der Waals surface area contributed by atoms with Crippen LogP contribution >= 0.6 is 0 Å². The molecule has 4 heteroatoms. The van der Waals surface area contributed by atoms with Crippen molar-refractivity contribution in [3.05, 3.63) is 29.8 Å². The maximum atomic E-state index is 11.6. The number of carbonyl (C=O) groups excluding carboxylic acids is 1. The maximum absolute atomic E-state index is 11.6. The highest BCUT2D eigenvalue weighted by molar-refractivity contribution is 6.53. The molecule has 0 bridgehead atoms. The molecule has 0 aromatic heterocycles. The van der Waals surface area contributed by atoms with Gasteiger partial charge < -0.3 is 5.32 Å². The van der Waals surface area contributed by atoms with Gasteiger partial charge in [0.2, 0.25) is 0 Å². The van der Waals surface area contributed by atoms with Crippen molar-refractivity contribution in [2.75, 3.05) is 5.32 Å². The summed E-state index contributed by atoms with van der Waals surface area (Å²) in [6.07, 6.45) is 2.60. The van der Waals surface area contributed by atoms with Gasteiger partial charge in [0, 0.05) is 11.8 Å². The molecule has 17 heavy (non-hydrogen) atoms. The third-order valence-electron chi connectivity index (χ3n) is 2.46. The molecule has 0 fully saturated rings. The molecule has 4 nitrogen and oxygen atoms in total. The highest BCUT2D eigenvalue weighted by Crippen LogP contribution is 2.22. The Kier molecular flexibility index (Phi) is 3.32. The SMILES string of the molecule is CC(C)C/C=N/N=C1/C(=O)Nc2ccccc21. The minimum Gasteiger partial charge on any atom is -0.320 e. The van der Waals surface area contributed by atoms with Crippen LogP contribution in [0.25, 0.3) is 0 Å². The third kappa shape index (κ3) is 2.58. The van der Waals surface area contributed by atoms with Gasteiger partial charge in [-0.15, -0.1) is 5.10 Å². The number of carbonyl (C=O) groups is 1. The monoisotopic (exact) mass is 229 g/mol. The Hall–Kier alpha value is -1.97. The molecular weight excluding hydrogens is 214 g/mol. The lowest BCUT2D eigenvalue weighted by molar-refractivity contribution is -0.110. The highest BCUT2D eigenvalue weighted by Gasteiger charge is 2.25. The lowest BCUT2D eigenvalue weighted by atomic mass is 10.1. The van der Waals surface area contributed by atoms with E-state index in [9.17, 15) is 4.79 Å². The molecule has 1 heterocycles. The summed E-state index contributed by atoms with van der Waals surface area (Å²) in [5, 5.41) is 10.7. The Balaban J connectivity index is 2.19. The van der Waals surface area contributed by atoms with E-state index in [2.05, 4.69) is 29.4 Å². The van der Waals surface area contributed by atoms with Gasteiger partial charge in [-0.3, -0.25) is 4.79 Å². The van der Waals surface area contributed by atoms with Crippen molar-refractivity contribution >= 4 is 23.5 Å². The van der Waals surface area contributed by atoms with Crippen molar-refractivity contribution in [3.8, 4) is 0 Å². The topological polar surface area (TPSA) is 53.8 Å². The molecule has 2 rings (SSSR count). The van der Waals surface area contributed by atoms with Crippen molar-refractivity contribution in [2.45, 2.75) is 20.3 Å². The first kappa shape index (κ1) is 11.5. The smallest absolute Gasteiger partial charge is 0.276 e. The normalized spacial score (nSPS) is 16.9. The molecule has 0 spiro atoms. The van der Waals surface area contributed by atoms with Gasteiger partial charge in [-0.05, 0) is 18.4 Å². The van der Waals surface area contributed by atoms with E-state index in [4.69, 9.17) is 0 Å². The van der Waals surface area contributed by atoms with Crippen LogP contribution in [0, 0.1) is 5.92 Å². The number of nitrogens with one attached hydrogen (secondary N) is 1. The van der Waals surface area contributed by atoms with Gasteiger partial charge in [0.05, 0.1) is 5.69 Å². The largest absolute Gasteiger partial charge is 0.320 e. The summed E-state index contributed by atoms with van der Waals surface area (Å²) in [6, 6.07) is 7.48. The molecule has 1 aromatic rings. The molecule has 0 aliphatic carbocycles. The zero-order valence-corrected chi connectivity index (χ0v) is 9.97. The summed E-state index contributed by atoms with van der Waals surface area (Å²) < 4.78 is 0. The minimum atomic E-state index is -0.187. The van der Waals surface area contributed by atoms with E-state index in [1.54, 1.807) is 6.21 Å². The van der Waals surface area contributed by atoms with Crippen LogP contribution in [-0.2, 0) is 4.79 Å². The van der Waals surface area contributed by atoms with Gasteiger partial charge in [-0.1, -0.05) is 32.0 Å². The van der Waals surface area contributed by atoms with Crippen molar-refractivity contribution in [1.29, 1.82) is 0 Å². The van der Waals surface area contributed by atoms with E-state index in [-0.39, 0.29) is 5.91 Å². The zero-order chi connectivity index (χ0) is 12.3. The second-order valence-corrected chi connectivity index (χ2v) is 4.38. The molecule has 1 aromatic carbocycles. The van der Waals surface area contributed by atoms with Crippen LogP contribution in [0.2, 0.25) is 0 Å². The number of fused-ring (bicyclic) bond motifs is 1. The van der Waals surface area contributed by atoms with Crippen LogP contribution < -0.4 is 5.32 Å². The molecule has 0 saturated carbocycles. The number of hydrogen-bond donors (Lipinski definition) is 1. The summed E-state index contributed by atoms with van der Waals surface area (Å²) in [5.74, 6) is 0.358. The van der Waals surface area contributed by atoms with Crippen LogP contribution in [-0.4, -0.2) is 17.8 Å². The van der Waals surface area contributed by atoms with E-state index in [1.807, 2.05) is 24.3 Å².